The molecule has 0 spiro atoms. The third kappa shape index (κ3) is 15.3. The minimum atomic E-state index is -2.01. The molecule has 4 unspecified atom stereocenters. The van der Waals surface area contributed by atoms with E-state index < -0.39 is 104 Å². The highest BCUT2D eigenvalue weighted by Crippen LogP contribution is 2.72. The second-order valence-electron chi connectivity index (χ2n) is 28.3. The molecule has 6 heterocycles. The van der Waals surface area contributed by atoms with Crippen LogP contribution >= 0.6 is 11.3 Å². The summed E-state index contributed by atoms with van der Waals surface area (Å²) in [5, 5.41) is 94.5. The number of para-hydroxylation sites is 1. The number of unbranched alkanes of at least 4 members (excludes halogenated alkanes) is 1. The van der Waals surface area contributed by atoms with Crippen LogP contribution in [0.2, 0.25) is 0 Å². The zero-order valence-corrected chi connectivity index (χ0v) is 56.5. The van der Waals surface area contributed by atoms with Crippen molar-refractivity contribution in [2.75, 3.05) is 56.2 Å². The quantitative estimate of drug-likeness (QED) is 0.0231. The summed E-state index contributed by atoms with van der Waals surface area (Å²) in [6.07, 6.45) is -3.03. The highest BCUT2D eigenvalue weighted by atomic mass is 32.1. The monoisotopic (exact) mass is 1400 g/mol. The van der Waals surface area contributed by atoms with Gasteiger partial charge in [0.2, 0.25) is 12.2 Å². The van der Waals surface area contributed by atoms with Crippen molar-refractivity contribution in [2.24, 2.45) is 16.2 Å². The van der Waals surface area contributed by atoms with Gasteiger partial charge < -0.3 is 74.9 Å². The maximum absolute atomic E-state index is 14.4. The maximum Gasteiger partial charge on any atom is 0.410 e. The number of aliphatic hydroxyl groups is 6. The number of carboxylic acid groups (broad SMARTS) is 2. The number of carboxylic acids is 2. The van der Waals surface area contributed by atoms with Gasteiger partial charge >= 0.3 is 18.0 Å². The summed E-state index contributed by atoms with van der Waals surface area (Å²) in [4.78, 5) is 103. The Kier molecular flexibility index (Phi) is 20.6. The van der Waals surface area contributed by atoms with E-state index in [0.29, 0.717) is 84.9 Å². The van der Waals surface area contributed by atoms with Crippen LogP contribution in [0, 0.1) is 23.2 Å². The van der Waals surface area contributed by atoms with Crippen molar-refractivity contribution in [1.82, 2.24) is 34.9 Å². The number of aliphatic carboxylic acids is 1. The van der Waals surface area contributed by atoms with Crippen LogP contribution in [0.4, 0.5) is 15.7 Å². The fraction of sp³-hybridized carbons (Fsp3) is 0.493. The van der Waals surface area contributed by atoms with Gasteiger partial charge in [0, 0.05) is 79.4 Å². The summed E-state index contributed by atoms with van der Waals surface area (Å²) < 4.78 is 27.4. The summed E-state index contributed by atoms with van der Waals surface area (Å²) in [6.45, 7) is 6.31. The molecule has 0 radical (unpaired) electrons. The molecule has 10 N–H and O–H groups in total. The van der Waals surface area contributed by atoms with Crippen LogP contribution in [0.5, 0.6) is 5.75 Å². The Morgan fingerprint density at radius 2 is 1.60 bits per heavy atom. The second kappa shape index (κ2) is 29.1. The Morgan fingerprint density at radius 3 is 2.33 bits per heavy atom. The van der Waals surface area contributed by atoms with Crippen molar-refractivity contribution < 1.29 is 93.4 Å². The number of thiazole rings is 1. The van der Waals surface area contributed by atoms with Crippen LogP contribution in [0.3, 0.4) is 0 Å². The van der Waals surface area contributed by atoms with Gasteiger partial charge in [-0.3, -0.25) is 34.1 Å². The average molecular weight is 1400 g/mol. The largest absolute Gasteiger partial charge is 0.479 e. The molecule has 7 aliphatic rings. The minimum Gasteiger partial charge on any atom is -0.479 e. The van der Waals surface area contributed by atoms with E-state index >= 15 is 0 Å². The molecule has 532 valence electrons. The molecule has 100 heavy (non-hydrogen) atoms. The van der Waals surface area contributed by atoms with Gasteiger partial charge in [-0.25, -0.2) is 24.4 Å². The first kappa shape index (κ1) is 71.1. The Balaban J connectivity index is 0.718. The Morgan fingerprint density at radius 1 is 0.840 bits per heavy atom. The number of nitrogens with one attached hydrogen (secondary N) is 2. The van der Waals surface area contributed by atoms with Gasteiger partial charge in [0.25, 0.3) is 17.7 Å². The molecule has 13 rings (SSSR count). The molecule has 4 bridgehead atoms. The predicted octanol–water partition coefficient (Wildman–Crippen LogP) is 4.89. The van der Waals surface area contributed by atoms with Crippen molar-refractivity contribution in [3.8, 4) is 16.9 Å². The number of benzene rings is 3. The number of fused-ring (bicyclic) bond motifs is 2. The molecule has 3 aliphatic heterocycles. The lowest BCUT2D eigenvalue weighted by Gasteiger charge is -2.69. The van der Waals surface area contributed by atoms with Crippen LogP contribution in [0.25, 0.3) is 21.3 Å². The number of hydrogen-bond acceptors (Lipinski definition) is 22. The van der Waals surface area contributed by atoms with E-state index in [2.05, 4.69) is 29.5 Å². The van der Waals surface area contributed by atoms with E-state index in [9.17, 15) is 74.4 Å². The number of ether oxygens (including phenoxy) is 4. The minimum absolute atomic E-state index is 0.0329. The lowest BCUT2D eigenvalue weighted by atomic mass is 9.39. The van der Waals surface area contributed by atoms with Gasteiger partial charge in [0.1, 0.15) is 49.1 Å². The fourth-order valence-electron chi connectivity index (χ4n) is 16.6. The lowest BCUT2D eigenvalue weighted by molar-refractivity contribution is -0.271. The Labute approximate surface area is 579 Å². The average Bonchev–Trinajstić information content (AvgIpc) is 0.749. The van der Waals surface area contributed by atoms with Crippen LogP contribution in [0.1, 0.15) is 120 Å². The molecule has 28 nitrogen and oxygen atoms in total. The van der Waals surface area contributed by atoms with Crippen LogP contribution in [-0.2, 0) is 65.9 Å². The van der Waals surface area contributed by atoms with Crippen molar-refractivity contribution in [2.45, 2.75) is 160 Å². The second-order valence-corrected chi connectivity index (χ2v) is 29.3. The topological polar surface area (TPSA) is 396 Å². The summed E-state index contributed by atoms with van der Waals surface area (Å²) in [6, 6.07) is 21.7. The fourth-order valence-corrected chi connectivity index (χ4v) is 17.5. The molecule has 29 heteroatoms. The zero-order chi connectivity index (χ0) is 71.0. The van der Waals surface area contributed by atoms with Crippen molar-refractivity contribution in [1.29, 1.82) is 0 Å². The number of nitrogens with zero attached hydrogens (tertiary/aromatic N) is 7. The number of anilines is 2. The molecule has 4 aliphatic carbocycles. The van der Waals surface area contributed by atoms with Crippen LogP contribution in [-0.4, -0.2) is 207 Å². The van der Waals surface area contributed by atoms with Gasteiger partial charge in [0.15, 0.2) is 16.9 Å². The number of hydrogen-bond donors (Lipinski definition) is 10. The number of aryl methyl sites for hydroxylation is 1. The first-order valence-electron chi connectivity index (χ1n) is 33.6. The molecule has 1 saturated heterocycles. The van der Waals surface area contributed by atoms with Crippen LogP contribution < -0.4 is 20.3 Å². The van der Waals surface area contributed by atoms with E-state index in [4.69, 9.17) is 29.0 Å². The highest BCUT2D eigenvalue weighted by molar-refractivity contribution is 7.22. The Hall–Kier alpha value is -8.78. The summed E-state index contributed by atoms with van der Waals surface area (Å²) in [5.74, 6) is -4.42. The van der Waals surface area contributed by atoms with Gasteiger partial charge in [-0.2, -0.15) is 5.10 Å². The molecular formula is C71H83N9O19S. The number of amides is 5. The third-order valence-corrected chi connectivity index (χ3v) is 21.2. The maximum atomic E-state index is 14.4. The summed E-state index contributed by atoms with van der Waals surface area (Å²) >= 11 is 1.39. The van der Waals surface area contributed by atoms with E-state index in [-0.39, 0.29) is 71.8 Å². The molecule has 6 aromatic rings. The first-order valence-corrected chi connectivity index (χ1v) is 34.4. The molecule has 3 aromatic carbocycles. The van der Waals surface area contributed by atoms with Gasteiger partial charge in [-0.1, -0.05) is 61.6 Å². The van der Waals surface area contributed by atoms with Crippen molar-refractivity contribution in [3.05, 3.63) is 130 Å². The van der Waals surface area contributed by atoms with Gasteiger partial charge in [0.05, 0.1) is 41.3 Å². The standard InChI is InChI=1S/C71H83N9O19S/c1-40-46(44-16-17-53(75-57(44)63(91)92)78-23-20-42-10-8-11-45(47(42)29-78)62(90)76-66-74-48-12-4-5-13-52(48)100-66)28-73-80(40)39-70-34-68(2)33-69(3,35-70)37-71(36-68,38-70)97-26-25-77(24-21-49(82)50(83)31-81)67(95)96-32-43-15-14-41(9-6-7-22-72-54(84)30-79-55(85)18-19-56(79)86)27-51(43)98-65-60(89)58(87)59(88)61(99-65)64(93)94/h4-5,8,10-19,27-28,49-50,58-61,65,81-83,87-89H,6-7,9,20-26,29-39H2,1-3H3,(H,72,84)(H,91,92)(H,93,94)(H,74,76,90)/t49?,50-,58+,59+,60-,61+,65?,68?,69?,70?,71?/m1/s1. The Bertz CT molecular complexity index is 4090. The molecule has 9 atom stereocenters. The molecule has 3 aromatic heterocycles. The number of aromatic carboxylic acids is 1. The number of aliphatic hydroxyl groups excluding tert-OH is 6. The van der Waals surface area contributed by atoms with Gasteiger partial charge in [-0.15, -0.1) is 0 Å². The number of carbonyl (C=O) groups is 7. The van der Waals surface area contributed by atoms with Crippen molar-refractivity contribution in [3.63, 3.8) is 0 Å². The van der Waals surface area contributed by atoms with E-state index in [1.807, 2.05) is 59.0 Å². The molecule has 5 fully saturated rings. The number of rotatable bonds is 28. The lowest BCUT2D eigenvalue weighted by Crippen LogP contribution is -2.64. The van der Waals surface area contributed by atoms with E-state index in [1.54, 1.807) is 36.5 Å². The molecule has 4 saturated carbocycles. The highest BCUT2D eigenvalue weighted by Gasteiger charge is 2.66. The predicted molar refractivity (Wildman–Crippen MR) is 360 cm³/mol. The number of aromatic nitrogens is 4. The van der Waals surface area contributed by atoms with E-state index in [1.165, 1.54) is 16.2 Å². The van der Waals surface area contributed by atoms with Crippen molar-refractivity contribution >= 4 is 74.2 Å². The number of carbonyl (C=O) groups excluding carboxylic acids is 5. The van der Waals surface area contributed by atoms with Gasteiger partial charge in [-0.05, 0) is 147 Å². The summed E-state index contributed by atoms with van der Waals surface area (Å²) in [5.41, 5.74) is 4.43. The molecule has 5 amide bonds. The third-order valence-electron chi connectivity index (χ3n) is 20.3. The first-order chi connectivity index (χ1) is 47.7. The normalized spacial score (nSPS) is 25.8. The zero-order valence-electron chi connectivity index (χ0n) is 55.7. The SMILES string of the molecule is Cc1c(-c2ccc(N3CCc4cccc(C(=O)Nc5nc6ccccc6s5)c4C3)nc2C(=O)O)cnn1CC12CC3(C)CC(C)(C1)CC(OCCN(CCC(O)[C@H](O)CO)C(=O)OCc1ccc(CCCCNC(=O)CN4C(=O)C=CC4=O)cc1OC1O[C@H](C(=O)O)[C@@H](O)[C@H](O)[C@H]1O)(C3)C2. The number of imide groups is 1. The van der Waals surface area contributed by atoms with Crippen LogP contribution in [0.15, 0.2) is 91.1 Å². The summed E-state index contributed by atoms with van der Waals surface area (Å²) in [7, 11) is 0. The smallest absolute Gasteiger partial charge is 0.410 e. The molecular weight excluding hydrogens is 1310 g/mol. The number of pyridine rings is 1. The van der Waals surface area contributed by atoms with E-state index in [0.717, 1.165) is 76.2 Å².